The fourth-order valence-electron chi connectivity index (χ4n) is 2.48. The number of amidine groups is 1. The number of benzene rings is 3. The lowest BCUT2D eigenvalue weighted by atomic mass is 10.2. The van der Waals surface area contributed by atoms with Crippen LogP contribution in [0.15, 0.2) is 95.1 Å². The van der Waals surface area contributed by atoms with Crippen LogP contribution in [0.25, 0.3) is 0 Å². The van der Waals surface area contributed by atoms with E-state index in [4.69, 9.17) is 16.8 Å². The average Bonchev–Trinajstić information content (AvgIpc) is 2.71. The van der Waals surface area contributed by atoms with E-state index in [0.29, 0.717) is 5.56 Å². The summed E-state index contributed by atoms with van der Waals surface area (Å²) >= 11 is 8.45. The third-order valence-electron chi connectivity index (χ3n) is 3.79. The smallest absolute Gasteiger partial charge is 0.284 e. The average molecular weight is 414 g/mol. The molecule has 0 aromatic heterocycles. The van der Waals surface area contributed by atoms with E-state index in [-0.39, 0.29) is 11.0 Å². The fraction of sp³-hybridized carbons (Fsp3) is 0. The standard InChI is InChI=1S/C20H17ClFN3SSi/c21-27(17-10-3-1-4-11-17,18-12-5-2-6-13-18)26-20(23)25-24-15-16-9-7-8-14-19(16)22/h1-15H,(H2,23,25)/b24-15+. The summed E-state index contributed by atoms with van der Waals surface area (Å²) in [6.07, 6.45) is 1.34. The summed E-state index contributed by atoms with van der Waals surface area (Å²) in [6.45, 7) is -2.72. The summed E-state index contributed by atoms with van der Waals surface area (Å²) in [5.41, 5.74) is 6.44. The molecule has 0 unspecified atom stereocenters. The first-order chi connectivity index (χ1) is 13.1. The van der Waals surface area contributed by atoms with E-state index in [1.165, 1.54) is 23.5 Å². The SMILES string of the molecule is N/C(=N\N=C\c1ccccc1F)S[Si](Cl)(c1ccccc1)c1ccccc1. The number of hydrogen-bond donors (Lipinski definition) is 1. The van der Waals surface area contributed by atoms with Crippen molar-refractivity contribution in [1.29, 1.82) is 0 Å². The number of nitrogens with two attached hydrogens (primary N) is 1. The molecular formula is C20H17ClFN3SSi. The Morgan fingerprint density at radius 3 is 1.96 bits per heavy atom. The van der Waals surface area contributed by atoms with Crippen LogP contribution in [0.3, 0.4) is 0 Å². The fourth-order valence-corrected chi connectivity index (χ4v) is 8.65. The molecule has 0 fully saturated rings. The third-order valence-corrected chi connectivity index (χ3v) is 11.4. The summed E-state index contributed by atoms with van der Waals surface area (Å²) in [4.78, 5) is 0. The first-order valence-electron chi connectivity index (χ1n) is 8.19. The zero-order valence-corrected chi connectivity index (χ0v) is 16.9. The van der Waals surface area contributed by atoms with E-state index < -0.39 is 6.53 Å². The van der Waals surface area contributed by atoms with Gasteiger partial charge in [-0.05, 0) is 16.4 Å². The zero-order valence-electron chi connectivity index (χ0n) is 14.3. The van der Waals surface area contributed by atoms with Crippen molar-refractivity contribution in [2.24, 2.45) is 15.9 Å². The van der Waals surface area contributed by atoms with Crippen LogP contribution >= 0.6 is 22.3 Å². The molecule has 0 bridgehead atoms. The molecule has 0 atom stereocenters. The topological polar surface area (TPSA) is 50.7 Å². The highest BCUT2D eigenvalue weighted by Gasteiger charge is 2.38. The van der Waals surface area contributed by atoms with Crippen molar-refractivity contribution in [1.82, 2.24) is 0 Å². The van der Waals surface area contributed by atoms with Gasteiger partial charge in [0, 0.05) is 5.56 Å². The van der Waals surface area contributed by atoms with E-state index in [9.17, 15) is 4.39 Å². The van der Waals surface area contributed by atoms with Crippen LogP contribution in [0.1, 0.15) is 5.56 Å². The highest BCUT2D eigenvalue weighted by molar-refractivity contribution is 8.45. The van der Waals surface area contributed by atoms with Gasteiger partial charge in [-0.15, -0.1) is 16.2 Å². The van der Waals surface area contributed by atoms with Gasteiger partial charge in [-0.3, -0.25) is 0 Å². The largest absolute Gasteiger partial charge is 0.377 e. The maximum Gasteiger partial charge on any atom is 0.284 e. The van der Waals surface area contributed by atoms with Gasteiger partial charge in [-0.2, -0.15) is 5.10 Å². The molecule has 0 saturated heterocycles. The summed E-state index contributed by atoms with van der Waals surface area (Å²) in [5, 5.41) is 10.2. The summed E-state index contributed by atoms with van der Waals surface area (Å²) in [6, 6.07) is 26.0. The van der Waals surface area contributed by atoms with Crippen LogP contribution in [0.5, 0.6) is 0 Å². The lowest BCUT2D eigenvalue weighted by Gasteiger charge is -2.24. The van der Waals surface area contributed by atoms with Gasteiger partial charge in [0.2, 0.25) is 0 Å². The molecule has 0 saturated carbocycles. The molecule has 27 heavy (non-hydrogen) atoms. The quantitative estimate of drug-likeness (QED) is 0.228. The monoisotopic (exact) mass is 413 g/mol. The van der Waals surface area contributed by atoms with Gasteiger partial charge in [0.15, 0.2) is 5.17 Å². The minimum atomic E-state index is -2.72. The molecule has 136 valence electrons. The Hall–Kier alpha value is -2.41. The van der Waals surface area contributed by atoms with Crippen LogP contribution in [-0.4, -0.2) is 17.9 Å². The van der Waals surface area contributed by atoms with Gasteiger partial charge >= 0.3 is 0 Å². The highest BCUT2D eigenvalue weighted by atomic mass is 35.6. The first-order valence-corrected chi connectivity index (χ1v) is 12.7. The van der Waals surface area contributed by atoms with Gasteiger partial charge in [0.25, 0.3) is 6.53 Å². The first kappa shape index (κ1) is 19.4. The molecule has 0 amide bonds. The second-order valence-corrected chi connectivity index (χ2v) is 13.4. The molecule has 3 nitrogen and oxygen atoms in total. The van der Waals surface area contributed by atoms with Crippen molar-refractivity contribution in [2.45, 2.75) is 0 Å². The molecule has 3 aromatic carbocycles. The van der Waals surface area contributed by atoms with Crippen LogP contribution in [0.2, 0.25) is 0 Å². The van der Waals surface area contributed by atoms with E-state index in [2.05, 4.69) is 10.2 Å². The molecule has 2 N–H and O–H groups in total. The van der Waals surface area contributed by atoms with Crippen molar-refractivity contribution in [3.8, 4) is 0 Å². The zero-order chi connectivity index (χ0) is 19.1. The second-order valence-electron chi connectivity index (χ2n) is 5.63. The molecule has 0 radical (unpaired) electrons. The number of hydrogen-bond acceptors (Lipinski definition) is 3. The molecule has 3 rings (SSSR count). The van der Waals surface area contributed by atoms with Crippen LogP contribution in [0.4, 0.5) is 4.39 Å². The van der Waals surface area contributed by atoms with E-state index >= 15 is 0 Å². The maximum atomic E-state index is 13.6. The van der Waals surface area contributed by atoms with Gasteiger partial charge in [-0.25, -0.2) is 4.39 Å². The number of rotatable bonds is 5. The predicted octanol–water partition coefficient (Wildman–Crippen LogP) is 3.70. The lowest BCUT2D eigenvalue weighted by molar-refractivity contribution is 0.626. The van der Waals surface area contributed by atoms with Gasteiger partial charge in [0.05, 0.1) is 6.21 Å². The minimum absolute atomic E-state index is 0.233. The Bertz CT molecular complexity index is 912. The lowest BCUT2D eigenvalue weighted by Crippen LogP contribution is -2.52. The van der Waals surface area contributed by atoms with Crippen molar-refractivity contribution < 1.29 is 4.39 Å². The third kappa shape index (κ3) is 4.85. The van der Waals surface area contributed by atoms with E-state index in [1.54, 1.807) is 18.2 Å². The number of halogens is 2. The maximum absolute atomic E-state index is 13.6. The summed E-state index contributed by atoms with van der Waals surface area (Å²) < 4.78 is 13.6. The highest BCUT2D eigenvalue weighted by Crippen LogP contribution is 2.25. The predicted molar refractivity (Wildman–Crippen MR) is 117 cm³/mol. The van der Waals surface area contributed by atoms with Crippen molar-refractivity contribution in [3.05, 3.63) is 96.3 Å². The molecule has 0 aliphatic heterocycles. The van der Waals surface area contributed by atoms with Crippen LogP contribution < -0.4 is 16.1 Å². The summed E-state index contributed by atoms with van der Waals surface area (Å²) in [7, 11) is 0. The van der Waals surface area contributed by atoms with Crippen molar-refractivity contribution in [2.75, 3.05) is 0 Å². The van der Waals surface area contributed by atoms with Gasteiger partial charge in [-0.1, -0.05) is 90.1 Å². The van der Waals surface area contributed by atoms with Gasteiger partial charge < -0.3 is 5.73 Å². The van der Waals surface area contributed by atoms with E-state index in [1.807, 2.05) is 60.7 Å². The Labute approximate surface area is 167 Å². The molecule has 7 heteroatoms. The number of nitrogens with zero attached hydrogens (tertiary/aromatic N) is 2. The van der Waals surface area contributed by atoms with Gasteiger partial charge in [0.1, 0.15) is 5.82 Å². The minimum Gasteiger partial charge on any atom is -0.377 e. The molecule has 0 spiro atoms. The molecule has 0 heterocycles. The molecule has 3 aromatic rings. The van der Waals surface area contributed by atoms with E-state index in [0.717, 1.165) is 10.4 Å². The Balaban J connectivity index is 1.87. The Morgan fingerprint density at radius 2 is 1.41 bits per heavy atom. The van der Waals surface area contributed by atoms with Crippen LogP contribution in [-0.2, 0) is 0 Å². The second kappa shape index (κ2) is 8.99. The molecule has 0 aliphatic rings. The van der Waals surface area contributed by atoms with Crippen LogP contribution in [0, 0.1) is 5.82 Å². The van der Waals surface area contributed by atoms with Crippen molar-refractivity contribution >= 4 is 50.6 Å². The normalized spacial score (nSPS) is 12.4. The van der Waals surface area contributed by atoms with Crippen molar-refractivity contribution in [3.63, 3.8) is 0 Å². The summed E-state index contributed by atoms with van der Waals surface area (Å²) in [5.74, 6) is -0.364. The Morgan fingerprint density at radius 1 is 0.889 bits per heavy atom. The molecular weight excluding hydrogens is 397 g/mol. The Kier molecular flexibility index (Phi) is 6.44. The molecule has 0 aliphatic carbocycles.